The van der Waals surface area contributed by atoms with Gasteiger partial charge in [0.2, 0.25) is 0 Å². The van der Waals surface area contributed by atoms with Crippen molar-refractivity contribution in [3.8, 4) is 0 Å². The van der Waals surface area contributed by atoms with Gasteiger partial charge in [0.1, 0.15) is 0 Å². The van der Waals surface area contributed by atoms with E-state index in [0.717, 1.165) is 23.2 Å². The van der Waals surface area contributed by atoms with Gasteiger partial charge in [0, 0.05) is 36.1 Å². The zero-order valence-corrected chi connectivity index (χ0v) is 19.0. The Balaban J connectivity index is 1.39. The summed E-state index contributed by atoms with van der Waals surface area (Å²) in [6.07, 6.45) is 0.883. The van der Waals surface area contributed by atoms with Gasteiger partial charge in [-0.2, -0.15) is 0 Å². The van der Waals surface area contributed by atoms with Crippen LogP contribution in [0.15, 0.2) is 77.7 Å². The maximum Gasteiger partial charge on any atom is 0.261 e. The summed E-state index contributed by atoms with van der Waals surface area (Å²) in [6, 6.07) is 21.8. The Kier molecular flexibility index (Phi) is 6.19. The number of para-hydroxylation sites is 1. The van der Waals surface area contributed by atoms with Gasteiger partial charge >= 0.3 is 0 Å². The van der Waals surface area contributed by atoms with Gasteiger partial charge in [-0.3, -0.25) is 9.52 Å². The third-order valence-electron chi connectivity index (χ3n) is 5.79. The largest absolute Gasteiger partial charge is 0.380 e. The molecule has 1 fully saturated rings. The lowest BCUT2D eigenvalue weighted by Gasteiger charge is -2.18. The molecule has 3 aromatic carbocycles. The maximum atomic E-state index is 12.9. The van der Waals surface area contributed by atoms with Gasteiger partial charge in [0.25, 0.3) is 15.9 Å². The average Bonchev–Trinajstić information content (AvgIpc) is 3.24. The van der Waals surface area contributed by atoms with Crippen LogP contribution in [0.3, 0.4) is 0 Å². The van der Waals surface area contributed by atoms with Crippen molar-refractivity contribution in [1.82, 2.24) is 4.90 Å². The Hall–Kier alpha value is -3.32. The molecule has 1 heterocycles. The summed E-state index contributed by atoms with van der Waals surface area (Å²) in [7, 11) is -3.69. The molecule has 1 atom stereocenters. The molecule has 2 N–H and O–H groups in total. The molecule has 0 spiro atoms. The smallest absolute Gasteiger partial charge is 0.261 e. The lowest BCUT2D eigenvalue weighted by Crippen LogP contribution is -2.31. The van der Waals surface area contributed by atoms with Crippen molar-refractivity contribution in [2.24, 2.45) is 0 Å². The van der Waals surface area contributed by atoms with Crippen LogP contribution in [-0.2, 0) is 10.0 Å². The quantitative estimate of drug-likeness (QED) is 0.584. The highest BCUT2D eigenvalue weighted by Gasteiger charge is 2.27. The molecule has 1 aliphatic rings. The minimum atomic E-state index is -3.69. The monoisotopic (exact) mass is 449 g/mol. The molecule has 32 heavy (non-hydrogen) atoms. The van der Waals surface area contributed by atoms with Gasteiger partial charge in [0.15, 0.2) is 0 Å². The van der Waals surface area contributed by atoms with Crippen molar-refractivity contribution in [1.29, 1.82) is 0 Å². The lowest BCUT2D eigenvalue weighted by atomic mass is 10.1. The lowest BCUT2D eigenvalue weighted by molar-refractivity contribution is 0.0791. The van der Waals surface area contributed by atoms with Crippen LogP contribution in [0.5, 0.6) is 0 Å². The zero-order valence-electron chi connectivity index (χ0n) is 18.2. The van der Waals surface area contributed by atoms with Crippen molar-refractivity contribution < 1.29 is 13.2 Å². The third kappa shape index (κ3) is 4.94. The van der Waals surface area contributed by atoms with Crippen LogP contribution in [0, 0.1) is 13.8 Å². The van der Waals surface area contributed by atoms with E-state index in [1.54, 1.807) is 42.5 Å². The highest BCUT2D eigenvalue weighted by atomic mass is 32.2. The van der Waals surface area contributed by atoms with E-state index in [1.165, 1.54) is 0 Å². The SMILES string of the molecule is Cc1ccc(S(=O)(=O)Nc2ccc(C(=O)N3CCC(Nc4ccccc4)C3)cc2)cc1C. The minimum absolute atomic E-state index is 0.0501. The molecule has 0 radical (unpaired) electrons. The van der Waals surface area contributed by atoms with Gasteiger partial charge in [-0.25, -0.2) is 8.42 Å². The summed E-state index contributed by atoms with van der Waals surface area (Å²) >= 11 is 0. The molecule has 1 aliphatic heterocycles. The predicted molar refractivity (Wildman–Crippen MR) is 128 cm³/mol. The van der Waals surface area contributed by atoms with E-state index in [4.69, 9.17) is 0 Å². The second-order valence-electron chi connectivity index (χ2n) is 8.18. The summed E-state index contributed by atoms with van der Waals surface area (Å²) in [5, 5.41) is 3.46. The number of nitrogens with zero attached hydrogens (tertiary/aromatic N) is 1. The number of anilines is 2. The van der Waals surface area contributed by atoms with Crippen molar-refractivity contribution in [3.63, 3.8) is 0 Å². The molecule has 0 aliphatic carbocycles. The number of carbonyl (C=O) groups is 1. The van der Waals surface area contributed by atoms with Crippen molar-refractivity contribution in [2.75, 3.05) is 23.1 Å². The Morgan fingerprint density at radius 3 is 2.31 bits per heavy atom. The molecule has 1 unspecified atom stereocenters. The number of rotatable bonds is 6. The molecule has 1 saturated heterocycles. The second kappa shape index (κ2) is 9.04. The molecule has 0 aromatic heterocycles. The molecule has 6 nitrogen and oxygen atoms in total. The Morgan fingerprint density at radius 2 is 1.62 bits per heavy atom. The molecule has 7 heteroatoms. The first-order valence-electron chi connectivity index (χ1n) is 10.6. The van der Waals surface area contributed by atoms with Crippen molar-refractivity contribution in [3.05, 3.63) is 89.5 Å². The fourth-order valence-electron chi connectivity index (χ4n) is 3.79. The van der Waals surface area contributed by atoms with Crippen LogP contribution in [0.4, 0.5) is 11.4 Å². The summed E-state index contributed by atoms with van der Waals surface area (Å²) < 4.78 is 28.0. The molecule has 3 aromatic rings. The summed E-state index contributed by atoms with van der Waals surface area (Å²) in [5.41, 5.74) is 3.96. The van der Waals surface area contributed by atoms with Gasteiger partial charge in [0.05, 0.1) is 4.90 Å². The molecule has 166 valence electrons. The zero-order chi connectivity index (χ0) is 22.7. The number of likely N-dealkylation sites (tertiary alicyclic amines) is 1. The topological polar surface area (TPSA) is 78.5 Å². The van der Waals surface area contributed by atoms with Gasteiger partial charge in [-0.1, -0.05) is 24.3 Å². The van der Waals surface area contributed by atoms with Crippen LogP contribution in [0.2, 0.25) is 0 Å². The highest BCUT2D eigenvalue weighted by Crippen LogP contribution is 2.21. The number of aryl methyl sites for hydroxylation is 2. The molecule has 4 rings (SSSR count). The fraction of sp³-hybridized carbons (Fsp3) is 0.240. The first-order chi connectivity index (χ1) is 15.3. The number of nitrogens with one attached hydrogen (secondary N) is 2. The summed E-state index contributed by atoms with van der Waals surface area (Å²) in [4.78, 5) is 14.9. The van der Waals surface area contributed by atoms with Crippen molar-refractivity contribution >= 4 is 27.3 Å². The molecule has 0 saturated carbocycles. The second-order valence-corrected chi connectivity index (χ2v) is 9.86. The fourth-order valence-corrected chi connectivity index (χ4v) is 4.93. The molecule has 1 amide bonds. The van der Waals surface area contributed by atoms with E-state index >= 15 is 0 Å². The summed E-state index contributed by atoms with van der Waals surface area (Å²) in [6.45, 7) is 5.14. The normalized spacial score (nSPS) is 16.1. The van der Waals surface area contributed by atoms with Gasteiger partial charge in [-0.05, 0) is 79.9 Å². The summed E-state index contributed by atoms with van der Waals surface area (Å²) in [5.74, 6) is -0.0501. The Bertz CT molecular complexity index is 1210. The van der Waals surface area contributed by atoms with Crippen LogP contribution < -0.4 is 10.0 Å². The van der Waals surface area contributed by atoms with Gasteiger partial charge < -0.3 is 10.2 Å². The minimum Gasteiger partial charge on any atom is -0.380 e. The first-order valence-corrected chi connectivity index (χ1v) is 12.1. The van der Waals surface area contributed by atoms with Crippen LogP contribution >= 0.6 is 0 Å². The van der Waals surface area contributed by atoms with E-state index in [2.05, 4.69) is 10.0 Å². The Morgan fingerprint density at radius 1 is 0.906 bits per heavy atom. The number of hydrogen-bond acceptors (Lipinski definition) is 4. The molecule has 0 bridgehead atoms. The van der Waals surface area contributed by atoms with Crippen LogP contribution in [0.1, 0.15) is 27.9 Å². The van der Waals surface area contributed by atoms with Gasteiger partial charge in [-0.15, -0.1) is 0 Å². The van der Waals surface area contributed by atoms with Crippen LogP contribution in [-0.4, -0.2) is 38.4 Å². The predicted octanol–water partition coefficient (Wildman–Crippen LogP) is 4.43. The maximum absolute atomic E-state index is 12.9. The number of hydrogen-bond donors (Lipinski definition) is 2. The average molecular weight is 450 g/mol. The first kappa shape index (κ1) is 21.9. The van der Waals surface area contributed by atoms with E-state index in [-0.39, 0.29) is 16.8 Å². The molecular formula is C25H27N3O3S. The van der Waals surface area contributed by atoms with E-state index in [1.807, 2.05) is 49.1 Å². The third-order valence-corrected chi connectivity index (χ3v) is 7.17. The number of sulfonamides is 1. The van der Waals surface area contributed by atoms with E-state index in [9.17, 15) is 13.2 Å². The number of amides is 1. The van der Waals surface area contributed by atoms with Crippen molar-refractivity contribution in [2.45, 2.75) is 31.2 Å². The van der Waals surface area contributed by atoms with E-state index in [0.29, 0.717) is 24.3 Å². The standard InChI is InChI=1S/C25H27N3O3S/c1-18-8-13-24(16-19(18)2)32(30,31)27-22-11-9-20(10-12-22)25(29)28-15-14-23(17-28)26-21-6-4-3-5-7-21/h3-13,16,23,26-27H,14-15,17H2,1-2H3. The number of carbonyl (C=O) groups excluding carboxylic acids is 1. The van der Waals surface area contributed by atoms with Crippen LogP contribution in [0.25, 0.3) is 0 Å². The highest BCUT2D eigenvalue weighted by molar-refractivity contribution is 7.92. The van der Waals surface area contributed by atoms with E-state index < -0.39 is 10.0 Å². The Labute approximate surface area is 189 Å². The molecular weight excluding hydrogens is 422 g/mol. The number of benzene rings is 3.